The Morgan fingerprint density at radius 2 is 1.67 bits per heavy atom. The van der Waals surface area contributed by atoms with Crippen molar-refractivity contribution in [3.63, 3.8) is 0 Å². The molecule has 0 aliphatic carbocycles. The van der Waals surface area contributed by atoms with Crippen LogP contribution in [0, 0.1) is 0 Å². The monoisotopic (exact) mass is 626 g/mol. The summed E-state index contributed by atoms with van der Waals surface area (Å²) >= 11 is 1.41. The smallest absolute Gasteiger partial charge is 0.411 e. The van der Waals surface area contributed by atoms with E-state index in [4.69, 9.17) is 4.74 Å². The molecule has 1 aromatic heterocycles. The summed E-state index contributed by atoms with van der Waals surface area (Å²) in [6.07, 6.45) is 0.960. The molecule has 0 fully saturated rings. The second-order valence-corrected chi connectivity index (χ2v) is 14.8. The van der Waals surface area contributed by atoms with Crippen molar-refractivity contribution in [1.82, 2.24) is 9.71 Å². The summed E-state index contributed by atoms with van der Waals surface area (Å²) in [6, 6.07) is 21.1. The van der Waals surface area contributed by atoms with Crippen molar-refractivity contribution in [2.45, 2.75) is 56.9 Å². The zero-order chi connectivity index (χ0) is 30.5. The molecular formula is C30H34N4O5S3. The number of nitrogens with one attached hydrogen (secondary N) is 3. The number of sulfonamides is 1. The second kappa shape index (κ2) is 13.2. The van der Waals surface area contributed by atoms with Gasteiger partial charge < -0.3 is 4.74 Å². The largest absolute Gasteiger partial charge is 0.447 e. The summed E-state index contributed by atoms with van der Waals surface area (Å²) in [6.45, 7) is 9.27. The van der Waals surface area contributed by atoms with Crippen molar-refractivity contribution in [3.8, 4) is 21.0 Å². The minimum atomic E-state index is -3.71. The highest BCUT2D eigenvalue weighted by molar-refractivity contribution is 7.91. The minimum absolute atomic E-state index is 0.181. The summed E-state index contributed by atoms with van der Waals surface area (Å²) in [5.74, 6) is -0.181. The highest BCUT2D eigenvalue weighted by atomic mass is 32.2. The number of hydrogen-bond acceptors (Lipinski definition) is 7. The summed E-state index contributed by atoms with van der Waals surface area (Å²) < 4.78 is 50.1. The highest BCUT2D eigenvalue weighted by Gasteiger charge is 2.21. The fourth-order valence-electron chi connectivity index (χ4n) is 3.87. The number of aromatic nitrogens is 1. The molecule has 0 aliphatic heterocycles. The van der Waals surface area contributed by atoms with E-state index >= 15 is 0 Å². The molecule has 0 radical (unpaired) electrons. The predicted octanol–water partition coefficient (Wildman–Crippen LogP) is 6.79. The van der Waals surface area contributed by atoms with Gasteiger partial charge in [-0.15, -0.1) is 11.3 Å². The van der Waals surface area contributed by atoms with Gasteiger partial charge >= 0.3 is 6.09 Å². The van der Waals surface area contributed by atoms with Crippen molar-refractivity contribution in [1.29, 1.82) is 0 Å². The lowest BCUT2D eigenvalue weighted by Crippen LogP contribution is -2.37. The number of benzene rings is 3. The lowest BCUT2D eigenvalue weighted by Gasteiger charge is -2.21. The van der Waals surface area contributed by atoms with E-state index in [1.54, 1.807) is 74.6 Å². The molecule has 3 aromatic carbocycles. The van der Waals surface area contributed by atoms with E-state index in [0.29, 0.717) is 27.4 Å². The van der Waals surface area contributed by atoms with Crippen LogP contribution in [-0.2, 0) is 31.5 Å². The molecule has 0 saturated heterocycles. The van der Waals surface area contributed by atoms with Gasteiger partial charge in [-0.05, 0) is 76.6 Å². The van der Waals surface area contributed by atoms with Gasteiger partial charge in [0.1, 0.15) is 16.0 Å². The minimum Gasteiger partial charge on any atom is -0.447 e. The van der Waals surface area contributed by atoms with E-state index in [1.165, 1.54) is 11.3 Å². The summed E-state index contributed by atoms with van der Waals surface area (Å²) in [7, 11) is -5.35. The summed E-state index contributed by atoms with van der Waals surface area (Å²) in [5, 5.41) is 3.42. The van der Waals surface area contributed by atoms with Crippen LogP contribution in [-0.4, -0.2) is 35.3 Å². The molecule has 42 heavy (non-hydrogen) atoms. The lowest BCUT2D eigenvalue weighted by atomic mass is 10.1. The van der Waals surface area contributed by atoms with Crippen LogP contribution in [0.3, 0.4) is 0 Å². The molecule has 4 aromatic rings. The molecule has 222 valence electrons. The zero-order valence-corrected chi connectivity index (χ0v) is 26.5. The first kappa shape index (κ1) is 31.4. The van der Waals surface area contributed by atoms with Gasteiger partial charge in [0, 0.05) is 34.2 Å². The molecule has 4 rings (SSSR count). The molecule has 0 bridgehead atoms. The van der Waals surface area contributed by atoms with Gasteiger partial charge in [-0.25, -0.2) is 27.1 Å². The van der Waals surface area contributed by atoms with Gasteiger partial charge in [-0.3, -0.25) is 10.0 Å². The van der Waals surface area contributed by atoms with E-state index in [9.17, 15) is 17.4 Å². The van der Waals surface area contributed by atoms with Crippen LogP contribution in [0.15, 0.2) is 83.9 Å². The van der Waals surface area contributed by atoms with Crippen LogP contribution in [0.4, 0.5) is 16.2 Å². The number of amides is 1. The average Bonchev–Trinajstić information content (AvgIpc) is 3.38. The van der Waals surface area contributed by atoms with Crippen LogP contribution >= 0.6 is 11.3 Å². The topological polar surface area (TPSA) is 126 Å². The molecule has 1 amide bonds. The molecule has 12 heteroatoms. The van der Waals surface area contributed by atoms with E-state index in [-0.39, 0.29) is 11.9 Å². The summed E-state index contributed by atoms with van der Waals surface area (Å²) in [4.78, 5) is 17.7. The van der Waals surface area contributed by atoms with Crippen molar-refractivity contribution in [2.24, 2.45) is 0 Å². The van der Waals surface area contributed by atoms with Gasteiger partial charge in [0.2, 0.25) is 10.0 Å². The van der Waals surface area contributed by atoms with Gasteiger partial charge in [-0.1, -0.05) is 36.4 Å². The van der Waals surface area contributed by atoms with Crippen LogP contribution in [0.25, 0.3) is 21.0 Å². The Hall–Kier alpha value is -3.58. The second-order valence-electron chi connectivity index (χ2n) is 10.9. The molecule has 3 N–H and O–H groups in total. The van der Waals surface area contributed by atoms with Gasteiger partial charge in [0.05, 0.1) is 21.6 Å². The van der Waals surface area contributed by atoms with Crippen molar-refractivity contribution in [2.75, 3.05) is 10.0 Å². The predicted molar refractivity (Wildman–Crippen MR) is 170 cm³/mol. The van der Waals surface area contributed by atoms with Crippen LogP contribution in [0.1, 0.15) is 40.2 Å². The first-order valence-corrected chi connectivity index (χ1v) is 16.8. The SMILES string of the molecule is CC(C)OC(=O)Nc1ccc(-c2ncc(-c3ccc(NS(=O)(=O)Cc4ccccc4)cc3S(=O)NC(C)(C)C)s2)cc1. The van der Waals surface area contributed by atoms with E-state index in [0.717, 1.165) is 15.4 Å². The van der Waals surface area contributed by atoms with Crippen molar-refractivity contribution in [3.05, 3.63) is 84.6 Å². The number of rotatable bonds is 10. The third-order valence-corrected chi connectivity index (χ3v) is 9.42. The van der Waals surface area contributed by atoms with E-state index < -0.39 is 32.6 Å². The first-order valence-electron chi connectivity index (χ1n) is 13.2. The van der Waals surface area contributed by atoms with Gasteiger partial charge in [-0.2, -0.15) is 0 Å². The third kappa shape index (κ3) is 8.96. The van der Waals surface area contributed by atoms with Gasteiger partial charge in [0.15, 0.2) is 0 Å². The number of thiazole rings is 1. The Bertz CT molecular complexity index is 1660. The maximum atomic E-state index is 13.5. The maximum Gasteiger partial charge on any atom is 0.411 e. The van der Waals surface area contributed by atoms with Crippen molar-refractivity contribution >= 4 is 49.8 Å². The molecule has 0 spiro atoms. The standard InChI is InChI=1S/C30H34N4O5S3/c1-20(2)39-29(35)32-23-13-11-22(12-14-23)28-31-18-26(40-28)25-16-15-24(17-27(25)41(36)34-30(3,4)5)33-42(37,38)19-21-9-7-6-8-10-21/h6-18,20,33-34H,19H2,1-5H3,(H,32,35). The highest BCUT2D eigenvalue weighted by Crippen LogP contribution is 2.36. The number of anilines is 2. The zero-order valence-electron chi connectivity index (χ0n) is 24.0. The fourth-order valence-corrected chi connectivity index (χ4v) is 7.37. The van der Waals surface area contributed by atoms with E-state index in [2.05, 4.69) is 19.7 Å². The molecule has 0 aliphatic rings. The number of hydrogen-bond donors (Lipinski definition) is 3. The number of ether oxygens (including phenoxy) is 1. The normalized spacial score (nSPS) is 12.6. The Labute approximate surface area is 253 Å². The van der Waals surface area contributed by atoms with Crippen molar-refractivity contribution < 1.29 is 22.2 Å². The molecule has 1 heterocycles. The van der Waals surface area contributed by atoms with Crippen LogP contribution in [0.2, 0.25) is 0 Å². The average molecular weight is 627 g/mol. The molecule has 9 nitrogen and oxygen atoms in total. The molecule has 1 atom stereocenters. The Morgan fingerprint density at radius 1 is 1.00 bits per heavy atom. The molecular weight excluding hydrogens is 593 g/mol. The Morgan fingerprint density at radius 3 is 2.31 bits per heavy atom. The summed E-state index contributed by atoms with van der Waals surface area (Å²) in [5.41, 5.74) is 2.64. The van der Waals surface area contributed by atoms with Crippen LogP contribution in [0.5, 0.6) is 0 Å². The Kier molecular flexibility index (Phi) is 9.82. The van der Waals surface area contributed by atoms with Crippen LogP contribution < -0.4 is 14.8 Å². The lowest BCUT2D eigenvalue weighted by molar-refractivity contribution is 0.130. The van der Waals surface area contributed by atoms with E-state index in [1.807, 2.05) is 39.0 Å². The van der Waals surface area contributed by atoms with Gasteiger partial charge in [0.25, 0.3) is 0 Å². The molecule has 1 unspecified atom stereocenters. The maximum absolute atomic E-state index is 13.5. The fraction of sp³-hybridized carbons (Fsp3) is 0.267. The Balaban J connectivity index is 1.60. The molecule has 0 saturated carbocycles. The number of nitrogens with zero attached hydrogens (tertiary/aromatic N) is 1. The number of carbonyl (C=O) groups excluding carboxylic acids is 1. The number of carbonyl (C=O) groups is 1. The third-order valence-electron chi connectivity index (χ3n) is 5.55. The quantitative estimate of drug-likeness (QED) is 0.178. The first-order chi connectivity index (χ1) is 19.8.